The van der Waals surface area contributed by atoms with Crippen LogP contribution >= 0.6 is 11.8 Å². The Morgan fingerprint density at radius 1 is 1.03 bits per heavy atom. The summed E-state index contributed by atoms with van der Waals surface area (Å²) < 4.78 is 69.3. The van der Waals surface area contributed by atoms with E-state index in [0.717, 1.165) is 56.0 Å². The van der Waals surface area contributed by atoms with Crippen molar-refractivity contribution in [2.24, 2.45) is 0 Å². The molecule has 4 rings (SSSR count). The van der Waals surface area contributed by atoms with E-state index < -0.39 is 39.3 Å². The Bertz CT molecular complexity index is 1500. The number of carbonyl (C=O) groups is 1. The van der Waals surface area contributed by atoms with Gasteiger partial charge < -0.3 is 0 Å². The smallest absolute Gasteiger partial charge is 0.289 e. The minimum absolute atomic E-state index is 0.0668. The Morgan fingerprint density at radius 3 is 2.44 bits per heavy atom. The lowest BCUT2D eigenvalue weighted by atomic mass is 9.95. The molecule has 0 radical (unpaired) electrons. The summed E-state index contributed by atoms with van der Waals surface area (Å²) in [5, 5.41) is 0.364. The Hall–Kier alpha value is -3.05. The molecule has 6 nitrogen and oxygen atoms in total. The fourth-order valence-electron chi connectivity index (χ4n) is 4.65. The molecule has 1 amide bonds. The van der Waals surface area contributed by atoms with Gasteiger partial charge in [-0.05, 0) is 48.2 Å². The van der Waals surface area contributed by atoms with Gasteiger partial charge in [-0.15, -0.1) is 11.8 Å². The monoisotopic (exact) mass is 578 g/mol. The molecule has 1 aliphatic heterocycles. The Labute approximate surface area is 229 Å². The van der Waals surface area contributed by atoms with E-state index in [1.165, 1.54) is 41.0 Å². The van der Waals surface area contributed by atoms with Crippen molar-refractivity contribution in [1.82, 2.24) is 9.29 Å². The van der Waals surface area contributed by atoms with Gasteiger partial charge in [0, 0.05) is 17.4 Å². The van der Waals surface area contributed by atoms with E-state index in [2.05, 4.69) is 11.6 Å². The number of halogens is 3. The van der Waals surface area contributed by atoms with Gasteiger partial charge in [0.25, 0.3) is 21.5 Å². The molecule has 1 aliphatic rings. The van der Waals surface area contributed by atoms with Crippen LogP contribution in [0.5, 0.6) is 0 Å². The molecule has 1 unspecified atom stereocenters. The fourth-order valence-corrected chi connectivity index (χ4v) is 7.05. The van der Waals surface area contributed by atoms with E-state index in [-0.39, 0.29) is 10.6 Å². The number of thioether (sulfide) groups is 1. The molecule has 0 saturated heterocycles. The minimum Gasteiger partial charge on any atom is -0.289 e. The first-order valence-corrected chi connectivity index (χ1v) is 15.2. The van der Waals surface area contributed by atoms with Crippen LogP contribution < -0.4 is 10.3 Å². The number of fused-ring (bicyclic) bond motifs is 1. The lowest BCUT2D eigenvalue weighted by Crippen LogP contribution is -2.39. The Balaban J connectivity index is 1.74. The number of alkyl halides is 3. The summed E-state index contributed by atoms with van der Waals surface area (Å²) in [5.74, 6) is -0.813. The first kappa shape index (κ1) is 28.9. The normalized spacial score (nSPS) is 15.2. The molecule has 0 bridgehead atoms. The second-order valence-electron chi connectivity index (χ2n) is 9.41. The molecule has 0 fully saturated rings. The van der Waals surface area contributed by atoms with Crippen LogP contribution in [0, 0.1) is 0 Å². The number of aromatic nitrogens is 1. The second kappa shape index (κ2) is 12.0. The van der Waals surface area contributed by atoms with Gasteiger partial charge >= 0.3 is 6.18 Å². The molecular formula is C28H29F3N2O4S2. The van der Waals surface area contributed by atoms with Crippen molar-refractivity contribution in [3.8, 4) is 11.1 Å². The molecule has 1 N–H and O–H groups in total. The highest BCUT2D eigenvalue weighted by molar-refractivity contribution is 7.99. The number of rotatable bonds is 10. The highest BCUT2D eigenvalue weighted by Crippen LogP contribution is 2.42. The number of nitrogens with zero attached hydrogens (tertiary/aromatic N) is 1. The van der Waals surface area contributed by atoms with Gasteiger partial charge in [0.2, 0.25) is 0 Å². The maximum absolute atomic E-state index is 13.5. The van der Waals surface area contributed by atoms with Crippen molar-refractivity contribution in [3.05, 3.63) is 82.1 Å². The van der Waals surface area contributed by atoms with Gasteiger partial charge in [-0.1, -0.05) is 62.9 Å². The molecule has 208 valence electrons. The summed E-state index contributed by atoms with van der Waals surface area (Å²) in [4.78, 5) is 26.3. The topological polar surface area (TPSA) is 85.2 Å². The average Bonchev–Trinajstić information content (AvgIpc) is 3.34. The maximum Gasteiger partial charge on any atom is 0.416 e. The molecular weight excluding hydrogens is 549 g/mol. The van der Waals surface area contributed by atoms with Crippen LogP contribution in [0.15, 0.2) is 75.4 Å². The van der Waals surface area contributed by atoms with Gasteiger partial charge in [0.1, 0.15) is 6.04 Å². The third-order valence-corrected chi connectivity index (χ3v) is 9.12. The largest absolute Gasteiger partial charge is 0.416 e. The average molecular weight is 579 g/mol. The van der Waals surface area contributed by atoms with Gasteiger partial charge in [-0.2, -0.15) is 13.2 Å². The first-order chi connectivity index (χ1) is 18.5. The molecule has 11 heteroatoms. The van der Waals surface area contributed by atoms with Crippen molar-refractivity contribution in [2.45, 2.75) is 67.6 Å². The van der Waals surface area contributed by atoms with Gasteiger partial charge in [0.15, 0.2) is 0 Å². The third-order valence-electron chi connectivity index (χ3n) is 6.60. The molecule has 0 saturated carbocycles. The van der Waals surface area contributed by atoms with E-state index in [1.54, 1.807) is 12.1 Å². The zero-order valence-corrected chi connectivity index (χ0v) is 23.0. The van der Waals surface area contributed by atoms with Crippen LogP contribution in [-0.4, -0.2) is 24.6 Å². The number of hydrogen-bond acceptors (Lipinski definition) is 5. The molecule has 0 spiro atoms. The van der Waals surface area contributed by atoms with Crippen molar-refractivity contribution in [2.75, 3.05) is 5.75 Å². The highest BCUT2D eigenvalue weighted by Gasteiger charge is 2.36. The fraction of sp³-hybridized carbons (Fsp3) is 0.357. The molecule has 2 aromatic carbocycles. The van der Waals surface area contributed by atoms with Gasteiger partial charge in [-0.3, -0.25) is 14.2 Å². The number of hydrogen-bond donors (Lipinski definition) is 1. The molecule has 1 atom stereocenters. The van der Waals surface area contributed by atoms with Crippen molar-refractivity contribution >= 4 is 27.7 Å². The van der Waals surface area contributed by atoms with Crippen molar-refractivity contribution < 1.29 is 26.4 Å². The van der Waals surface area contributed by atoms with Crippen LogP contribution in [0.3, 0.4) is 0 Å². The zero-order valence-electron chi connectivity index (χ0n) is 21.3. The predicted octanol–water partition coefficient (Wildman–Crippen LogP) is 6.20. The number of benzene rings is 2. The SMILES string of the molecule is CCCCCCCc1cc(=O)n2c(c1-c1cccc(C(F)(F)F)c1)SCC2C(=O)NS(=O)(=O)c1ccccc1. The van der Waals surface area contributed by atoms with E-state index in [4.69, 9.17) is 0 Å². The van der Waals surface area contributed by atoms with E-state index in [9.17, 15) is 31.2 Å². The summed E-state index contributed by atoms with van der Waals surface area (Å²) in [6.07, 6.45) is 0.793. The quantitative estimate of drug-likeness (QED) is 0.290. The Kier molecular flexibility index (Phi) is 8.90. The van der Waals surface area contributed by atoms with Crippen LogP contribution in [0.25, 0.3) is 11.1 Å². The zero-order chi connectivity index (χ0) is 28.2. The predicted molar refractivity (Wildman–Crippen MR) is 145 cm³/mol. The van der Waals surface area contributed by atoms with Crippen LogP contribution in [0.1, 0.15) is 56.2 Å². The van der Waals surface area contributed by atoms with E-state index in [0.29, 0.717) is 28.1 Å². The van der Waals surface area contributed by atoms with Gasteiger partial charge in [-0.25, -0.2) is 13.1 Å². The standard InChI is InChI=1S/C28H29F3N2O4S2/c1-2-3-4-5-7-11-20-17-24(34)33-23(26(35)32-39(36,37)22-14-8-6-9-15-22)18-38-27(33)25(20)19-12-10-13-21(16-19)28(29,30)31/h6,8-10,12-17,23H,2-5,7,11,18H2,1H3,(H,32,35). The van der Waals surface area contributed by atoms with Crippen LogP contribution in [0.2, 0.25) is 0 Å². The third kappa shape index (κ3) is 6.58. The molecule has 0 aliphatic carbocycles. The molecule has 3 aromatic rings. The summed E-state index contributed by atoms with van der Waals surface area (Å²) in [7, 11) is -4.17. The van der Waals surface area contributed by atoms with Crippen LogP contribution in [-0.2, 0) is 27.4 Å². The molecule has 1 aromatic heterocycles. The number of pyridine rings is 1. The van der Waals surface area contributed by atoms with Crippen LogP contribution in [0.4, 0.5) is 13.2 Å². The Morgan fingerprint density at radius 2 is 1.74 bits per heavy atom. The van der Waals surface area contributed by atoms with Gasteiger partial charge in [0.05, 0.1) is 15.5 Å². The maximum atomic E-state index is 13.5. The number of carbonyl (C=O) groups excluding carboxylic acids is 1. The number of aryl methyl sites for hydroxylation is 1. The van der Waals surface area contributed by atoms with E-state index in [1.807, 2.05) is 0 Å². The lowest BCUT2D eigenvalue weighted by Gasteiger charge is -2.19. The summed E-state index contributed by atoms with van der Waals surface area (Å²) in [6.45, 7) is 2.10. The number of unbranched alkanes of at least 4 members (excludes halogenated alkanes) is 4. The van der Waals surface area contributed by atoms with E-state index >= 15 is 0 Å². The summed E-state index contributed by atoms with van der Waals surface area (Å²) in [6, 6.07) is 12.5. The summed E-state index contributed by atoms with van der Waals surface area (Å²) >= 11 is 1.16. The molecule has 39 heavy (non-hydrogen) atoms. The lowest BCUT2D eigenvalue weighted by molar-refractivity contribution is -0.137. The number of amides is 1. The number of nitrogens with one attached hydrogen (secondary N) is 1. The molecule has 2 heterocycles. The first-order valence-electron chi connectivity index (χ1n) is 12.7. The number of sulfonamides is 1. The minimum atomic E-state index is -4.55. The summed E-state index contributed by atoms with van der Waals surface area (Å²) in [5.41, 5.74) is 0.0779. The highest BCUT2D eigenvalue weighted by atomic mass is 32.2. The van der Waals surface area contributed by atoms with Crippen molar-refractivity contribution in [3.63, 3.8) is 0 Å². The van der Waals surface area contributed by atoms with Crippen molar-refractivity contribution in [1.29, 1.82) is 0 Å². The second-order valence-corrected chi connectivity index (χ2v) is 12.1.